The van der Waals surface area contributed by atoms with E-state index in [1.54, 1.807) is 31.2 Å². The first-order valence-corrected chi connectivity index (χ1v) is 7.36. The Morgan fingerprint density at radius 1 is 1.26 bits per heavy atom. The molecule has 0 radical (unpaired) electrons. The lowest BCUT2D eigenvalue weighted by atomic mass is 10.2. The molecule has 0 saturated heterocycles. The molecule has 0 aromatic heterocycles. The second kappa shape index (κ2) is 5.72. The minimum absolute atomic E-state index is 0.0375. The first-order chi connectivity index (χ1) is 9.00. The Morgan fingerprint density at radius 2 is 1.95 bits per heavy atom. The highest BCUT2D eigenvalue weighted by Gasteiger charge is 2.14. The zero-order chi connectivity index (χ0) is 14.0. The number of hydrogen-bond donors (Lipinski definition) is 1. The third kappa shape index (κ3) is 2.96. The minimum atomic E-state index is -1.38. The second-order valence-electron chi connectivity index (χ2n) is 4.16. The van der Waals surface area contributed by atoms with Crippen LogP contribution in [0.5, 0.6) is 0 Å². The quantitative estimate of drug-likeness (QED) is 0.878. The second-order valence-corrected chi connectivity index (χ2v) is 5.99. The first-order valence-electron chi connectivity index (χ1n) is 5.67. The number of benzene rings is 2. The Bertz CT molecular complexity index is 625. The molecule has 0 aliphatic heterocycles. The summed E-state index contributed by atoms with van der Waals surface area (Å²) in [4.78, 5) is 0.610. The van der Waals surface area contributed by atoms with Crippen LogP contribution in [0.4, 0.5) is 10.1 Å². The van der Waals surface area contributed by atoms with E-state index in [1.165, 1.54) is 12.1 Å². The van der Waals surface area contributed by atoms with Crippen LogP contribution in [0.3, 0.4) is 0 Å². The molecule has 1 atom stereocenters. The summed E-state index contributed by atoms with van der Waals surface area (Å²) in [6, 6.07) is 9.63. The van der Waals surface area contributed by atoms with Crippen molar-refractivity contribution in [2.45, 2.75) is 17.6 Å². The molecule has 0 saturated carbocycles. The number of rotatable bonds is 3. The lowest BCUT2D eigenvalue weighted by Crippen LogP contribution is -2.03. The molecule has 0 fully saturated rings. The zero-order valence-corrected chi connectivity index (χ0v) is 11.9. The molecule has 1 unspecified atom stereocenters. The summed E-state index contributed by atoms with van der Waals surface area (Å²) in [5.74, 6) is -0.405. The summed E-state index contributed by atoms with van der Waals surface area (Å²) in [5.41, 5.74) is 7.38. The van der Waals surface area contributed by atoms with Gasteiger partial charge in [0.25, 0.3) is 0 Å². The van der Waals surface area contributed by atoms with E-state index in [9.17, 15) is 8.60 Å². The molecular weight excluding hydrogens is 285 g/mol. The van der Waals surface area contributed by atoms with Gasteiger partial charge < -0.3 is 5.73 Å². The highest BCUT2D eigenvalue weighted by atomic mass is 35.5. The fourth-order valence-corrected chi connectivity index (χ4v) is 3.47. The van der Waals surface area contributed by atoms with Crippen molar-refractivity contribution >= 4 is 28.1 Å². The SMILES string of the molecule is Cc1c(N)cccc1S(=O)Cc1c(F)cccc1Cl. The van der Waals surface area contributed by atoms with Gasteiger partial charge in [0.2, 0.25) is 0 Å². The topological polar surface area (TPSA) is 43.1 Å². The van der Waals surface area contributed by atoms with E-state index >= 15 is 0 Å². The largest absolute Gasteiger partial charge is 0.398 e. The van der Waals surface area contributed by atoms with E-state index in [1.807, 2.05) is 0 Å². The van der Waals surface area contributed by atoms with Gasteiger partial charge in [-0.15, -0.1) is 0 Å². The standard InChI is InChI=1S/C14H13ClFNOS/c1-9-13(17)6-3-7-14(9)19(18)8-10-11(15)4-2-5-12(10)16/h2-7H,8,17H2,1H3. The van der Waals surface area contributed by atoms with Crippen LogP contribution in [0.25, 0.3) is 0 Å². The third-order valence-corrected chi connectivity index (χ3v) is 4.75. The van der Waals surface area contributed by atoms with Crippen LogP contribution < -0.4 is 5.73 Å². The molecule has 2 aromatic carbocycles. The highest BCUT2D eigenvalue weighted by Crippen LogP contribution is 2.25. The number of hydrogen-bond acceptors (Lipinski definition) is 2. The number of anilines is 1. The van der Waals surface area contributed by atoms with Gasteiger partial charge in [-0.25, -0.2) is 4.39 Å². The first kappa shape index (κ1) is 14.0. The predicted molar refractivity (Wildman–Crippen MR) is 77.1 cm³/mol. The van der Waals surface area contributed by atoms with Crippen LogP contribution in [0.1, 0.15) is 11.1 Å². The molecule has 0 heterocycles. The molecule has 5 heteroatoms. The van der Waals surface area contributed by atoms with Crippen molar-refractivity contribution in [2.75, 3.05) is 5.73 Å². The molecule has 0 aliphatic carbocycles. The maximum Gasteiger partial charge on any atom is 0.128 e. The van der Waals surface area contributed by atoms with Crippen LogP contribution >= 0.6 is 11.6 Å². The molecule has 0 aliphatic rings. The fraction of sp³-hybridized carbons (Fsp3) is 0.143. The normalized spacial score (nSPS) is 12.4. The Morgan fingerprint density at radius 3 is 2.63 bits per heavy atom. The van der Waals surface area contributed by atoms with Gasteiger partial charge in [-0.05, 0) is 36.8 Å². The number of nitrogen functional groups attached to an aromatic ring is 1. The summed E-state index contributed by atoms with van der Waals surface area (Å²) in [6.45, 7) is 1.80. The molecule has 2 aromatic rings. The van der Waals surface area contributed by atoms with Gasteiger partial charge >= 0.3 is 0 Å². The van der Waals surface area contributed by atoms with Gasteiger partial charge in [-0.3, -0.25) is 4.21 Å². The van der Waals surface area contributed by atoms with Gasteiger partial charge in [-0.2, -0.15) is 0 Å². The zero-order valence-electron chi connectivity index (χ0n) is 10.3. The van der Waals surface area contributed by atoms with Crippen LogP contribution in [0, 0.1) is 12.7 Å². The van der Waals surface area contributed by atoms with Crippen molar-refractivity contribution in [1.82, 2.24) is 0 Å². The van der Waals surface area contributed by atoms with Crippen molar-refractivity contribution in [3.8, 4) is 0 Å². The van der Waals surface area contributed by atoms with Crippen LogP contribution in [0.15, 0.2) is 41.3 Å². The lowest BCUT2D eigenvalue weighted by molar-refractivity contribution is 0.615. The maximum absolute atomic E-state index is 13.7. The smallest absolute Gasteiger partial charge is 0.128 e. The molecule has 0 bridgehead atoms. The van der Waals surface area contributed by atoms with E-state index in [0.717, 1.165) is 5.56 Å². The molecular formula is C14H13ClFNOS. The van der Waals surface area contributed by atoms with E-state index in [0.29, 0.717) is 10.6 Å². The van der Waals surface area contributed by atoms with Crippen molar-refractivity contribution in [3.05, 3.63) is 58.4 Å². The lowest BCUT2D eigenvalue weighted by Gasteiger charge is -2.09. The third-order valence-electron chi connectivity index (χ3n) is 2.91. The average molecular weight is 298 g/mol. The van der Waals surface area contributed by atoms with E-state index < -0.39 is 16.6 Å². The van der Waals surface area contributed by atoms with Gasteiger partial charge in [0, 0.05) is 21.2 Å². The molecule has 100 valence electrons. The van der Waals surface area contributed by atoms with Gasteiger partial charge in [0.1, 0.15) is 5.82 Å². The molecule has 2 nitrogen and oxygen atoms in total. The summed E-state index contributed by atoms with van der Waals surface area (Å²) in [6.07, 6.45) is 0. The van der Waals surface area contributed by atoms with Crippen LogP contribution in [-0.4, -0.2) is 4.21 Å². The Labute approximate surface area is 118 Å². The van der Waals surface area contributed by atoms with Crippen LogP contribution in [-0.2, 0) is 16.6 Å². The summed E-state index contributed by atoms with van der Waals surface area (Å²) in [7, 11) is -1.38. The van der Waals surface area contributed by atoms with Crippen LogP contribution in [0.2, 0.25) is 5.02 Å². The van der Waals surface area contributed by atoms with Crippen molar-refractivity contribution < 1.29 is 8.60 Å². The van der Waals surface area contributed by atoms with E-state index in [2.05, 4.69) is 0 Å². The fourth-order valence-electron chi connectivity index (χ4n) is 1.76. The van der Waals surface area contributed by atoms with Gasteiger partial charge in [-0.1, -0.05) is 23.7 Å². The minimum Gasteiger partial charge on any atom is -0.398 e. The van der Waals surface area contributed by atoms with Crippen molar-refractivity contribution in [3.63, 3.8) is 0 Å². The Balaban J connectivity index is 2.34. The molecule has 0 amide bonds. The maximum atomic E-state index is 13.7. The highest BCUT2D eigenvalue weighted by molar-refractivity contribution is 7.84. The Kier molecular flexibility index (Phi) is 4.22. The predicted octanol–water partition coefficient (Wildman–Crippen LogP) is 3.68. The molecule has 2 rings (SSSR count). The summed E-state index contributed by atoms with van der Waals surface area (Å²) >= 11 is 5.93. The summed E-state index contributed by atoms with van der Waals surface area (Å²) < 4.78 is 26.0. The monoisotopic (exact) mass is 297 g/mol. The van der Waals surface area contributed by atoms with Crippen molar-refractivity contribution in [1.29, 1.82) is 0 Å². The van der Waals surface area contributed by atoms with Crippen molar-refractivity contribution in [2.24, 2.45) is 0 Å². The summed E-state index contributed by atoms with van der Waals surface area (Å²) in [5, 5.41) is 0.287. The van der Waals surface area contributed by atoms with Gasteiger partial charge in [0.05, 0.1) is 16.6 Å². The Hall–Kier alpha value is -1.39. The molecule has 19 heavy (non-hydrogen) atoms. The van der Waals surface area contributed by atoms with E-state index in [-0.39, 0.29) is 16.3 Å². The molecule has 0 spiro atoms. The van der Waals surface area contributed by atoms with Gasteiger partial charge in [0.15, 0.2) is 0 Å². The molecule has 2 N–H and O–H groups in total. The number of nitrogens with two attached hydrogens (primary N) is 1. The van der Waals surface area contributed by atoms with E-state index in [4.69, 9.17) is 17.3 Å². The number of halogens is 2. The average Bonchev–Trinajstić information content (AvgIpc) is 2.37.